The number of esters is 1. The summed E-state index contributed by atoms with van der Waals surface area (Å²) >= 11 is 0. The second-order valence-electron chi connectivity index (χ2n) is 9.36. The third-order valence-corrected chi connectivity index (χ3v) is 7.73. The lowest BCUT2D eigenvalue weighted by molar-refractivity contribution is -0.144. The van der Waals surface area contributed by atoms with Gasteiger partial charge >= 0.3 is 5.97 Å². The van der Waals surface area contributed by atoms with Gasteiger partial charge in [-0.2, -0.15) is 4.72 Å². The van der Waals surface area contributed by atoms with Gasteiger partial charge in [0, 0.05) is 23.0 Å². The maximum Gasteiger partial charge on any atom is 0.326 e. The van der Waals surface area contributed by atoms with Crippen molar-refractivity contribution in [2.45, 2.75) is 31.4 Å². The SMILES string of the molecule is CCOC(=O)C(CNC(=O)c1cc2cc(OCc3cccc(/C(N)=N/O)c3)ccc2[nH]1)NS(=O)(=O)c1ccc(C)cc1. The number of nitrogens with zero attached hydrogens (tertiary/aromatic N) is 1. The molecule has 1 aromatic heterocycles. The van der Waals surface area contributed by atoms with Crippen LogP contribution < -0.4 is 20.5 Å². The summed E-state index contributed by atoms with van der Waals surface area (Å²) in [5, 5.41) is 15.2. The van der Waals surface area contributed by atoms with Gasteiger partial charge in [-0.15, -0.1) is 0 Å². The fraction of sp³-hybridized carbons (Fsp3) is 0.207. The van der Waals surface area contributed by atoms with Crippen molar-refractivity contribution < 1.29 is 32.7 Å². The molecule has 0 saturated carbocycles. The maximum atomic E-state index is 12.9. The van der Waals surface area contributed by atoms with Crippen LogP contribution in [0.25, 0.3) is 10.9 Å². The zero-order valence-corrected chi connectivity index (χ0v) is 23.8. The summed E-state index contributed by atoms with van der Waals surface area (Å²) in [4.78, 5) is 28.5. The number of ether oxygens (including phenoxy) is 2. The average molecular weight is 594 g/mol. The monoisotopic (exact) mass is 593 g/mol. The van der Waals surface area contributed by atoms with E-state index in [1.165, 1.54) is 12.1 Å². The molecule has 0 aliphatic heterocycles. The van der Waals surface area contributed by atoms with E-state index < -0.39 is 27.9 Å². The van der Waals surface area contributed by atoms with Crippen LogP contribution >= 0.6 is 0 Å². The first-order valence-corrected chi connectivity index (χ1v) is 14.4. The van der Waals surface area contributed by atoms with Crippen LogP contribution in [-0.4, -0.2) is 55.5 Å². The lowest BCUT2D eigenvalue weighted by Crippen LogP contribution is -2.49. The van der Waals surface area contributed by atoms with Crippen molar-refractivity contribution in [3.05, 3.63) is 95.2 Å². The topological polar surface area (TPSA) is 185 Å². The molecule has 0 saturated heterocycles. The number of rotatable bonds is 12. The highest BCUT2D eigenvalue weighted by Gasteiger charge is 2.27. The summed E-state index contributed by atoms with van der Waals surface area (Å²) < 4.78 is 38.9. The van der Waals surface area contributed by atoms with E-state index >= 15 is 0 Å². The molecule has 0 aliphatic carbocycles. The Morgan fingerprint density at radius 1 is 1.07 bits per heavy atom. The molecule has 0 spiro atoms. The first-order valence-electron chi connectivity index (χ1n) is 13.0. The molecule has 1 atom stereocenters. The number of hydrogen-bond acceptors (Lipinski definition) is 8. The normalized spacial score (nSPS) is 12.6. The lowest BCUT2D eigenvalue weighted by Gasteiger charge is -2.18. The highest BCUT2D eigenvalue weighted by atomic mass is 32.2. The maximum absolute atomic E-state index is 12.9. The quantitative estimate of drug-likeness (QED) is 0.0546. The van der Waals surface area contributed by atoms with E-state index in [1.807, 2.05) is 13.0 Å². The van der Waals surface area contributed by atoms with Crippen molar-refractivity contribution in [1.82, 2.24) is 15.0 Å². The van der Waals surface area contributed by atoms with Crippen molar-refractivity contribution in [3.63, 3.8) is 0 Å². The fourth-order valence-corrected chi connectivity index (χ4v) is 5.23. The van der Waals surface area contributed by atoms with Crippen molar-refractivity contribution in [1.29, 1.82) is 0 Å². The van der Waals surface area contributed by atoms with Crippen LogP contribution in [0.15, 0.2) is 82.8 Å². The second-order valence-corrected chi connectivity index (χ2v) is 11.1. The molecular formula is C29H31N5O7S. The summed E-state index contributed by atoms with van der Waals surface area (Å²) in [6.45, 7) is 3.36. The Bertz CT molecular complexity index is 1720. The largest absolute Gasteiger partial charge is 0.489 e. The predicted octanol–water partition coefficient (Wildman–Crippen LogP) is 2.79. The first kappa shape index (κ1) is 30.1. The molecule has 42 heavy (non-hydrogen) atoms. The standard InChI is InChI=1S/C29H31N5O7S/c1-3-40-29(36)26(34-42(38,39)23-10-7-18(2)8-11-23)16-31-28(35)25-15-21-14-22(9-12-24(21)32-25)41-17-19-5-4-6-20(13-19)27(30)33-37/h4-15,26,32,34,37H,3,16-17H2,1-2H3,(H2,30,33)(H,31,35). The van der Waals surface area contributed by atoms with E-state index in [2.05, 4.69) is 20.2 Å². The van der Waals surface area contributed by atoms with E-state index in [1.54, 1.807) is 61.5 Å². The van der Waals surface area contributed by atoms with Gasteiger partial charge in [-0.3, -0.25) is 9.59 Å². The number of carbonyl (C=O) groups is 2. The van der Waals surface area contributed by atoms with Gasteiger partial charge in [0.1, 0.15) is 24.1 Å². The molecule has 0 aliphatic rings. The Morgan fingerprint density at radius 2 is 1.83 bits per heavy atom. The summed E-state index contributed by atoms with van der Waals surface area (Å²) in [6, 6.07) is 18.7. The van der Waals surface area contributed by atoms with Gasteiger partial charge in [-0.25, -0.2) is 8.42 Å². The summed E-state index contributed by atoms with van der Waals surface area (Å²) in [7, 11) is -4.06. The minimum absolute atomic E-state index is 0.00588. The highest BCUT2D eigenvalue weighted by Crippen LogP contribution is 2.23. The molecule has 13 heteroatoms. The molecule has 1 amide bonds. The first-order chi connectivity index (χ1) is 20.1. The van der Waals surface area contributed by atoms with E-state index in [4.69, 9.17) is 20.4 Å². The summed E-state index contributed by atoms with van der Waals surface area (Å²) in [5.74, 6) is -0.814. The third-order valence-electron chi connectivity index (χ3n) is 6.24. The molecule has 4 rings (SSSR count). The van der Waals surface area contributed by atoms with Gasteiger partial charge in [-0.05, 0) is 61.9 Å². The number of nitrogens with one attached hydrogen (secondary N) is 3. The van der Waals surface area contributed by atoms with E-state index in [0.29, 0.717) is 22.2 Å². The van der Waals surface area contributed by atoms with Crippen molar-refractivity contribution >= 4 is 38.6 Å². The van der Waals surface area contributed by atoms with E-state index in [0.717, 1.165) is 11.1 Å². The Labute approximate surface area is 242 Å². The Kier molecular flexibility index (Phi) is 9.45. The van der Waals surface area contributed by atoms with Crippen molar-refractivity contribution in [3.8, 4) is 5.75 Å². The number of amides is 1. The number of fused-ring (bicyclic) bond motifs is 1. The van der Waals surface area contributed by atoms with Gasteiger partial charge < -0.3 is 30.7 Å². The molecule has 0 fully saturated rings. The van der Waals surface area contributed by atoms with Gasteiger partial charge in [-0.1, -0.05) is 41.1 Å². The number of nitrogens with two attached hydrogens (primary N) is 1. The Hall–Kier alpha value is -4.88. The predicted molar refractivity (Wildman–Crippen MR) is 156 cm³/mol. The molecule has 1 heterocycles. The number of benzene rings is 3. The number of carbonyl (C=O) groups excluding carboxylic acids is 2. The van der Waals surface area contributed by atoms with Crippen LogP contribution in [0.3, 0.4) is 0 Å². The zero-order valence-electron chi connectivity index (χ0n) is 23.0. The van der Waals surface area contributed by atoms with Crippen LogP contribution in [0.2, 0.25) is 0 Å². The van der Waals surface area contributed by atoms with Crippen LogP contribution in [0, 0.1) is 6.92 Å². The number of amidine groups is 1. The molecule has 0 radical (unpaired) electrons. The number of oxime groups is 1. The zero-order chi connectivity index (χ0) is 30.3. The van der Waals surface area contributed by atoms with E-state index in [-0.39, 0.29) is 36.2 Å². The van der Waals surface area contributed by atoms with Crippen LogP contribution in [-0.2, 0) is 26.2 Å². The Balaban J connectivity index is 1.42. The molecular weight excluding hydrogens is 562 g/mol. The number of aromatic nitrogens is 1. The number of aryl methyl sites for hydroxylation is 1. The van der Waals surface area contributed by atoms with Crippen LogP contribution in [0.1, 0.15) is 34.1 Å². The summed E-state index contributed by atoms with van der Waals surface area (Å²) in [5.41, 5.74) is 8.77. The van der Waals surface area contributed by atoms with Gasteiger partial charge in [0.2, 0.25) is 10.0 Å². The van der Waals surface area contributed by atoms with Crippen LogP contribution in [0.5, 0.6) is 5.75 Å². The number of sulfonamides is 1. The number of aromatic amines is 1. The van der Waals surface area contributed by atoms with Crippen LogP contribution in [0.4, 0.5) is 0 Å². The molecule has 220 valence electrons. The minimum Gasteiger partial charge on any atom is -0.489 e. The molecule has 0 bridgehead atoms. The molecule has 3 aromatic carbocycles. The number of hydrogen-bond donors (Lipinski definition) is 5. The molecule has 1 unspecified atom stereocenters. The summed E-state index contributed by atoms with van der Waals surface area (Å²) in [6.07, 6.45) is 0. The van der Waals surface area contributed by atoms with Crippen molar-refractivity contribution in [2.24, 2.45) is 10.9 Å². The van der Waals surface area contributed by atoms with E-state index in [9.17, 15) is 18.0 Å². The van der Waals surface area contributed by atoms with Gasteiger partial charge in [0.15, 0.2) is 5.84 Å². The minimum atomic E-state index is -4.06. The molecule has 12 nitrogen and oxygen atoms in total. The second kappa shape index (κ2) is 13.2. The van der Waals surface area contributed by atoms with Gasteiger partial charge in [0.05, 0.1) is 11.5 Å². The van der Waals surface area contributed by atoms with Crippen molar-refractivity contribution in [2.75, 3.05) is 13.2 Å². The highest BCUT2D eigenvalue weighted by molar-refractivity contribution is 7.89. The lowest BCUT2D eigenvalue weighted by atomic mass is 10.1. The average Bonchev–Trinajstić information content (AvgIpc) is 3.42. The number of H-pyrrole nitrogens is 1. The fourth-order valence-electron chi connectivity index (χ4n) is 4.05. The smallest absolute Gasteiger partial charge is 0.326 e. The Morgan fingerprint density at radius 3 is 2.55 bits per heavy atom. The molecule has 6 N–H and O–H groups in total. The molecule has 4 aromatic rings. The van der Waals surface area contributed by atoms with Gasteiger partial charge in [0.25, 0.3) is 5.91 Å². The third kappa shape index (κ3) is 7.44.